The fourth-order valence-corrected chi connectivity index (χ4v) is 8.93. The first-order chi connectivity index (χ1) is 39.5. The maximum absolute atomic E-state index is 13.0. The molecule has 15 nitrogen and oxygen atoms in total. The van der Waals surface area contributed by atoms with Crippen molar-refractivity contribution in [1.82, 2.24) is 0 Å². The Balaban J connectivity index is 4.94. The van der Waals surface area contributed by atoms with Crippen LogP contribution in [0.1, 0.15) is 271 Å². The molecule has 464 valence electrons. The van der Waals surface area contributed by atoms with Gasteiger partial charge in [-0.05, 0) is 96.3 Å². The van der Waals surface area contributed by atoms with Gasteiger partial charge < -0.3 is 42.6 Å². The van der Waals surface area contributed by atoms with Crippen LogP contribution in [0.15, 0.2) is 75.0 Å². The summed E-state index contributed by atoms with van der Waals surface area (Å²) in [5.41, 5.74) is 0. The predicted molar refractivity (Wildman–Crippen MR) is 321 cm³/mol. The molecule has 3 atom stereocenters. The van der Waals surface area contributed by atoms with E-state index in [2.05, 4.69) is 77.0 Å². The number of allylic oxidation sites excluding steroid dienone is 3. The lowest BCUT2D eigenvalue weighted by Crippen LogP contribution is -2.30. The van der Waals surface area contributed by atoms with Crippen molar-refractivity contribution in [2.45, 2.75) is 296 Å². The average Bonchev–Trinajstić information content (AvgIpc) is 3.44. The van der Waals surface area contributed by atoms with Crippen LogP contribution in [0, 0.1) is 0 Å². The number of unbranched alkanes of at least 4 members (excludes halogenated alkanes) is 24. The Hall–Kier alpha value is -5.34. The molecule has 0 saturated heterocycles. The Morgan fingerprint density at radius 1 is 0.321 bits per heavy atom. The van der Waals surface area contributed by atoms with Crippen LogP contribution in [-0.2, 0) is 57.0 Å². The molecular formula is C66H110O15. The molecule has 0 saturated carbocycles. The molecule has 0 N–H and O–H groups in total. The van der Waals surface area contributed by atoms with Gasteiger partial charge in [-0.15, -0.1) is 0 Å². The third-order valence-electron chi connectivity index (χ3n) is 13.6. The minimum absolute atomic E-state index is 0.189. The predicted octanol–water partition coefficient (Wildman–Crippen LogP) is 18.9. The molecule has 0 spiro atoms. The summed E-state index contributed by atoms with van der Waals surface area (Å²) in [6, 6.07) is 0. The molecule has 0 fully saturated rings. The summed E-state index contributed by atoms with van der Waals surface area (Å²) in [5, 5.41) is 0. The SMILES string of the molecule is C=COC(=O)O[C@@H](CC=CCCCCCCCC(=O)OCC(COC(=O)CCCCCCCC=CC[C@@H](CCCCCC)OC(=O)OC=C)OC(=O)CCCCCCCC=CC[C@@H](CCCCCC)OC(=O)OC=C)CCCCCC. The molecule has 0 aliphatic rings. The van der Waals surface area contributed by atoms with Crippen LogP contribution in [0.3, 0.4) is 0 Å². The van der Waals surface area contributed by atoms with Gasteiger partial charge in [-0.3, -0.25) is 14.4 Å². The molecule has 0 bridgehead atoms. The standard InChI is InChI=1S/C66H110O15/c1-7-13-16-37-46-57(79-64(70)73-10-4)49-40-31-25-19-22-28-34-43-52-61(67)76-55-60(78-63(69)54-45-36-30-24-21-27-33-42-51-59(48-39-18-15-9-3)81-66(72)75-12-6)56-77-62(68)53-44-35-29-23-20-26-32-41-50-58(47-38-17-14-8-2)80-65(71)74-11-5/h10-12,31-33,40-42,57-60H,4-9,13-30,34-39,43-56H2,1-3H3/t57-,58-,59-,60?/m1/s1. The lowest BCUT2D eigenvalue weighted by atomic mass is 10.1. The van der Waals surface area contributed by atoms with E-state index in [0.717, 1.165) is 211 Å². The minimum Gasteiger partial charge on any atom is -0.462 e. The summed E-state index contributed by atoms with van der Waals surface area (Å²) in [5.74, 6) is -1.19. The highest BCUT2D eigenvalue weighted by molar-refractivity contribution is 5.71. The van der Waals surface area contributed by atoms with E-state index < -0.39 is 30.5 Å². The smallest absolute Gasteiger partial charge is 0.462 e. The van der Waals surface area contributed by atoms with E-state index in [1.54, 1.807) is 0 Å². The zero-order valence-corrected chi connectivity index (χ0v) is 50.7. The molecule has 0 aromatic carbocycles. The largest absolute Gasteiger partial charge is 0.513 e. The first-order valence-electron chi connectivity index (χ1n) is 31.4. The summed E-state index contributed by atoms with van der Waals surface area (Å²) in [6.07, 6.45) is 46.6. The second-order valence-electron chi connectivity index (χ2n) is 20.9. The molecule has 0 unspecified atom stereocenters. The van der Waals surface area contributed by atoms with Crippen LogP contribution >= 0.6 is 0 Å². The quantitative estimate of drug-likeness (QED) is 0.0184. The molecular weight excluding hydrogens is 1030 g/mol. The van der Waals surface area contributed by atoms with E-state index in [1.807, 2.05) is 0 Å². The van der Waals surface area contributed by atoms with E-state index in [1.165, 1.54) is 0 Å². The molecule has 0 heterocycles. The van der Waals surface area contributed by atoms with Crippen molar-refractivity contribution in [2.24, 2.45) is 0 Å². The number of carbonyl (C=O) groups excluding carboxylic acids is 6. The van der Waals surface area contributed by atoms with Gasteiger partial charge in [0.2, 0.25) is 0 Å². The van der Waals surface area contributed by atoms with Crippen LogP contribution in [0.2, 0.25) is 0 Å². The Labute approximate surface area is 489 Å². The molecule has 0 radical (unpaired) electrons. The lowest BCUT2D eigenvalue weighted by molar-refractivity contribution is -0.167. The average molecular weight is 1140 g/mol. The van der Waals surface area contributed by atoms with E-state index >= 15 is 0 Å². The van der Waals surface area contributed by atoms with Gasteiger partial charge in [-0.1, -0.05) is 193 Å². The third-order valence-corrected chi connectivity index (χ3v) is 13.6. The molecule has 15 heteroatoms. The summed E-state index contributed by atoms with van der Waals surface area (Å²) in [4.78, 5) is 74.1. The topological polar surface area (TPSA) is 185 Å². The monoisotopic (exact) mass is 1140 g/mol. The zero-order valence-electron chi connectivity index (χ0n) is 50.7. The summed E-state index contributed by atoms with van der Waals surface area (Å²) >= 11 is 0. The number of hydrogen-bond acceptors (Lipinski definition) is 15. The van der Waals surface area contributed by atoms with Crippen molar-refractivity contribution in [3.8, 4) is 0 Å². The molecule has 0 aliphatic carbocycles. The summed E-state index contributed by atoms with van der Waals surface area (Å²) in [7, 11) is 0. The van der Waals surface area contributed by atoms with Gasteiger partial charge in [-0.25, -0.2) is 14.4 Å². The first kappa shape index (κ1) is 75.7. The first-order valence-corrected chi connectivity index (χ1v) is 31.4. The van der Waals surface area contributed by atoms with Crippen molar-refractivity contribution < 1.29 is 71.4 Å². The van der Waals surface area contributed by atoms with E-state index in [-0.39, 0.29) is 62.7 Å². The molecule has 81 heavy (non-hydrogen) atoms. The van der Waals surface area contributed by atoms with Gasteiger partial charge in [0.15, 0.2) is 6.10 Å². The van der Waals surface area contributed by atoms with Crippen molar-refractivity contribution in [1.29, 1.82) is 0 Å². The molecule has 0 amide bonds. The zero-order chi connectivity index (χ0) is 59.5. The number of rotatable bonds is 56. The van der Waals surface area contributed by atoms with Gasteiger partial charge in [-0.2, -0.15) is 0 Å². The highest BCUT2D eigenvalue weighted by Gasteiger charge is 2.20. The van der Waals surface area contributed by atoms with E-state index in [4.69, 9.17) is 42.6 Å². The van der Waals surface area contributed by atoms with E-state index in [9.17, 15) is 28.8 Å². The Morgan fingerprint density at radius 3 is 0.914 bits per heavy atom. The highest BCUT2D eigenvalue weighted by Crippen LogP contribution is 2.19. The molecule has 0 aromatic rings. The van der Waals surface area contributed by atoms with Crippen LogP contribution in [0.25, 0.3) is 0 Å². The van der Waals surface area contributed by atoms with Crippen LogP contribution in [0.5, 0.6) is 0 Å². The number of ether oxygens (including phenoxy) is 9. The van der Waals surface area contributed by atoms with Crippen molar-refractivity contribution in [3.63, 3.8) is 0 Å². The second kappa shape index (κ2) is 57.9. The van der Waals surface area contributed by atoms with Crippen LogP contribution in [-0.4, -0.2) is 74.0 Å². The molecule has 0 aromatic heterocycles. The number of esters is 3. The Morgan fingerprint density at radius 2 is 0.605 bits per heavy atom. The van der Waals surface area contributed by atoms with Gasteiger partial charge in [0.25, 0.3) is 0 Å². The van der Waals surface area contributed by atoms with Gasteiger partial charge in [0.05, 0.1) is 18.8 Å². The molecule has 0 aliphatic heterocycles. The van der Waals surface area contributed by atoms with Gasteiger partial charge in [0, 0.05) is 38.5 Å². The summed E-state index contributed by atoms with van der Waals surface area (Å²) in [6.45, 7) is 16.4. The summed E-state index contributed by atoms with van der Waals surface area (Å²) < 4.78 is 47.5. The Bertz CT molecular complexity index is 1620. The van der Waals surface area contributed by atoms with Crippen LogP contribution in [0.4, 0.5) is 14.4 Å². The van der Waals surface area contributed by atoms with Gasteiger partial charge >= 0.3 is 36.4 Å². The Kier molecular flexibility index (Phi) is 54.1. The van der Waals surface area contributed by atoms with Crippen molar-refractivity contribution in [3.05, 3.63) is 75.0 Å². The van der Waals surface area contributed by atoms with Crippen LogP contribution < -0.4 is 0 Å². The number of hydrogen-bond donors (Lipinski definition) is 0. The fraction of sp³-hybridized carbons (Fsp3) is 0.727. The molecule has 0 rings (SSSR count). The lowest BCUT2D eigenvalue weighted by Gasteiger charge is -2.18. The maximum atomic E-state index is 13.0. The third kappa shape index (κ3) is 52.5. The van der Waals surface area contributed by atoms with Crippen molar-refractivity contribution in [2.75, 3.05) is 13.2 Å². The second-order valence-corrected chi connectivity index (χ2v) is 20.9. The van der Waals surface area contributed by atoms with E-state index in [0.29, 0.717) is 38.5 Å². The van der Waals surface area contributed by atoms with Gasteiger partial charge in [0.1, 0.15) is 31.5 Å². The number of carbonyl (C=O) groups is 6. The fourth-order valence-electron chi connectivity index (χ4n) is 8.93. The normalized spacial score (nSPS) is 12.8. The maximum Gasteiger partial charge on any atom is 0.513 e. The minimum atomic E-state index is -0.903. The van der Waals surface area contributed by atoms with Crippen molar-refractivity contribution >= 4 is 36.4 Å². The highest BCUT2D eigenvalue weighted by atomic mass is 16.7.